The van der Waals surface area contributed by atoms with Gasteiger partial charge in [0.15, 0.2) is 0 Å². The van der Waals surface area contributed by atoms with Crippen LogP contribution in [0.3, 0.4) is 0 Å². The van der Waals surface area contributed by atoms with E-state index in [1.54, 1.807) is 0 Å². The minimum absolute atomic E-state index is 0. The molecule has 0 saturated heterocycles. The number of hydrogen-bond donors (Lipinski definition) is 0. The maximum Gasteiger partial charge on any atom is 1.00 e. The molecule has 0 aromatic heterocycles. The minimum atomic E-state index is -0.185. The standard InChI is InChI=1S/C20H26O2P.Na/c1-19(2,3)21-15-9-7-11-17(13-15)23-18-12-8-10-16(14-18)22-20(4,5)6;/h7-14H,1-6H3;/q-1;+1. The normalized spacial score (nSPS) is 11.6. The van der Waals surface area contributed by atoms with Crippen LogP contribution in [0.2, 0.25) is 0 Å². The molecule has 0 radical (unpaired) electrons. The van der Waals surface area contributed by atoms with Gasteiger partial charge in [0.2, 0.25) is 0 Å². The van der Waals surface area contributed by atoms with Gasteiger partial charge in [0.1, 0.15) is 22.7 Å². The number of rotatable bonds is 4. The summed E-state index contributed by atoms with van der Waals surface area (Å²) >= 11 is 0. The second-order valence-corrected chi connectivity index (χ2v) is 8.79. The molecule has 0 heterocycles. The maximum absolute atomic E-state index is 5.94. The molecule has 2 rings (SSSR count). The Balaban J connectivity index is 0.00000288. The summed E-state index contributed by atoms with van der Waals surface area (Å²) in [7, 11) is 1.15. The Morgan fingerprint density at radius 2 is 1.04 bits per heavy atom. The zero-order valence-corrected chi connectivity index (χ0v) is 18.8. The second-order valence-electron chi connectivity index (χ2n) is 7.54. The topological polar surface area (TPSA) is 18.5 Å². The van der Waals surface area contributed by atoms with Crippen molar-refractivity contribution in [1.82, 2.24) is 0 Å². The van der Waals surface area contributed by atoms with E-state index in [0.717, 1.165) is 20.1 Å². The summed E-state index contributed by atoms with van der Waals surface area (Å²) in [5.41, 5.74) is -0.369. The van der Waals surface area contributed by atoms with Gasteiger partial charge in [-0.05, 0) is 65.8 Å². The van der Waals surface area contributed by atoms with Crippen LogP contribution in [0.4, 0.5) is 0 Å². The largest absolute Gasteiger partial charge is 1.00 e. The van der Waals surface area contributed by atoms with E-state index in [0.29, 0.717) is 0 Å². The summed E-state index contributed by atoms with van der Waals surface area (Å²) < 4.78 is 11.9. The van der Waals surface area contributed by atoms with Crippen molar-refractivity contribution in [1.29, 1.82) is 0 Å². The van der Waals surface area contributed by atoms with Crippen molar-refractivity contribution in [3.05, 3.63) is 48.5 Å². The zero-order chi connectivity index (χ0) is 17.1. The molecule has 0 aliphatic carbocycles. The molecule has 0 bridgehead atoms. The van der Waals surface area contributed by atoms with E-state index in [2.05, 4.69) is 65.8 Å². The average molecular weight is 352 g/mol. The summed E-state index contributed by atoms with van der Waals surface area (Å²) in [4.78, 5) is 0. The molecule has 0 aliphatic heterocycles. The van der Waals surface area contributed by atoms with Crippen LogP contribution in [-0.2, 0) is 0 Å². The molecule has 0 N–H and O–H groups in total. The Bertz CT molecular complexity index is 600. The predicted octanol–water partition coefficient (Wildman–Crippen LogP) is 1.94. The van der Waals surface area contributed by atoms with Crippen LogP contribution in [0.1, 0.15) is 41.5 Å². The van der Waals surface area contributed by atoms with Gasteiger partial charge in [0.05, 0.1) is 0 Å². The minimum Gasteiger partial charge on any atom is -0.488 e. The van der Waals surface area contributed by atoms with Crippen LogP contribution in [0.15, 0.2) is 48.5 Å². The molecule has 0 aliphatic rings. The first-order chi connectivity index (χ1) is 10.6. The summed E-state index contributed by atoms with van der Waals surface area (Å²) in [6.07, 6.45) is 0. The zero-order valence-electron chi connectivity index (χ0n) is 15.9. The van der Waals surface area contributed by atoms with Crippen LogP contribution in [-0.4, -0.2) is 11.2 Å². The van der Waals surface area contributed by atoms with E-state index in [1.807, 2.05) is 24.3 Å². The van der Waals surface area contributed by atoms with Crippen molar-refractivity contribution in [2.45, 2.75) is 52.7 Å². The van der Waals surface area contributed by atoms with E-state index in [9.17, 15) is 0 Å². The molecule has 0 amide bonds. The van der Waals surface area contributed by atoms with Gasteiger partial charge in [-0.25, -0.2) is 0 Å². The second kappa shape index (κ2) is 8.72. The Labute approximate surface area is 170 Å². The van der Waals surface area contributed by atoms with Crippen molar-refractivity contribution >= 4 is 19.2 Å². The monoisotopic (exact) mass is 352 g/mol. The molecule has 2 aromatic carbocycles. The molecule has 0 atom stereocenters. The van der Waals surface area contributed by atoms with Gasteiger partial charge in [-0.3, -0.25) is 0 Å². The first kappa shape index (κ1) is 21.5. The van der Waals surface area contributed by atoms with Crippen molar-refractivity contribution in [3.63, 3.8) is 0 Å². The van der Waals surface area contributed by atoms with Gasteiger partial charge in [-0.1, -0.05) is 24.3 Å². The molecular weight excluding hydrogens is 326 g/mol. The molecular formula is C20H26NaO2P. The summed E-state index contributed by atoms with van der Waals surface area (Å²) in [5.74, 6) is 1.81. The third-order valence-electron chi connectivity index (χ3n) is 2.74. The number of hydrogen-bond acceptors (Lipinski definition) is 2. The molecule has 0 saturated carbocycles. The van der Waals surface area contributed by atoms with E-state index in [4.69, 9.17) is 9.47 Å². The molecule has 2 aromatic rings. The third kappa shape index (κ3) is 8.03. The van der Waals surface area contributed by atoms with Crippen LogP contribution in [0, 0.1) is 0 Å². The fourth-order valence-electron chi connectivity index (χ4n) is 2.09. The van der Waals surface area contributed by atoms with E-state index >= 15 is 0 Å². The van der Waals surface area contributed by atoms with Crippen molar-refractivity contribution in [3.8, 4) is 11.5 Å². The summed E-state index contributed by atoms with van der Waals surface area (Å²) in [6.45, 7) is 12.4. The summed E-state index contributed by atoms with van der Waals surface area (Å²) in [6, 6.07) is 16.5. The van der Waals surface area contributed by atoms with Gasteiger partial charge in [0, 0.05) is 0 Å². The van der Waals surface area contributed by atoms with Gasteiger partial charge in [-0.2, -0.15) is 10.6 Å². The number of ether oxygens (including phenoxy) is 2. The molecule has 0 spiro atoms. The van der Waals surface area contributed by atoms with Crippen LogP contribution >= 0.6 is 8.58 Å². The molecule has 2 nitrogen and oxygen atoms in total. The van der Waals surface area contributed by atoms with Crippen molar-refractivity contribution in [2.24, 2.45) is 0 Å². The maximum atomic E-state index is 5.94. The van der Waals surface area contributed by atoms with Crippen molar-refractivity contribution < 1.29 is 39.0 Å². The molecule has 0 fully saturated rings. The first-order valence-corrected chi connectivity index (χ1v) is 8.80. The quantitative estimate of drug-likeness (QED) is 0.619. The fourth-order valence-corrected chi connectivity index (χ4v) is 3.09. The fraction of sp³-hybridized carbons (Fsp3) is 0.400. The summed E-state index contributed by atoms with van der Waals surface area (Å²) in [5, 5.41) is 2.42. The van der Waals surface area contributed by atoms with Gasteiger partial charge in [-0.15, -0.1) is 0 Å². The first-order valence-electron chi connectivity index (χ1n) is 7.91. The molecule has 24 heavy (non-hydrogen) atoms. The van der Waals surface area contributed by atoms with E-state index in [-0.39, 0.29) is 40.8 Å². The van der Waals surface area contributed by atoms with Gasteiger partial charge < -0.3 is 18.1 Å². The third-order valence-corrected chi connectivity index (χ3v) is 3.81. The van der Waals surface area contributed by atoms with Gasteiger partial charge >= 0.3 is 29.6 Å². The van der Waals surface area contributed by atoms with Crippen molar-refractivity contribution in [2.75, 3.05) is 0 Å². The Morgan fingerprint density at radius 1 is 0.667 bits per heavy atom. The van der Waals surface area contributed by atoms with Crippen LogP contribution in [0.25, 0.3) is 0 Å². The van der Waals surface area contributed by atoms with E-state index in [1.165, 1.54) is 10.6 Å². The Hall–Kier alpha value is -0.530. The van der Waals surface area contributed by atoms with E-state index < -0.39 is 0 Å². The Kier molecular flexibility index (Phi) is 7.81. The smallest absolute Gasteiger partial charge is 0.488 e. The molecule has 0 unspecified atom stereocenters. The average Bonchev–Trinajstić information content (AvgIpc) is 2.35. The SMILES string of the molecule is CC(C)(C)Oc1cccc([P-]c2cccc(OC(C)(C)C)c2)c1.[Na+]. The molecule has 4 heteroatoms. The predicted molar refractivity (Wildman–Crippen MR) is 99.8 cm³/mol. The van der Waals surface area contributed by atoms with Gasteiger partial charge in [0.25, 0.3) is 0 Å². The van der Waals surface area contributed by atoms with Crippen LogP contribution in [0.5, 0.6) is 11.5 Å². The Morgan fingerprint density at radius 3 is 1.38 bits per heavy atom. The van der Waals surface area contributed by atoms with Crippen LogP contribution < -0.4 is 49.6 Å². The number of benzene rings is 2. The molecule has 124 valence electrons.